The van der Waals surface area contributed by atoms with Gasteiger partial charge in [0.1, 0.15) is 11.6 Å². The smallest absolute Gasteiger partial charge is 0.349 e. The number of hydrogen-bond donors (Lipinski definition) is 0. The molecule has 0 aliphatic carbocycles. The summed E-state index contributed by atoms with van der Waals surface area (Å²) in [5.41, 5.74) is -0.531. The topological polar surface area (TPSA) is 67.2 Å². The van der Waals surface area contributed by atoms with Crippen LogP contribution in [0.1, 0.15) is 6.92 Å². The molecule has 0 N–H and O–H groups in total. The summed E-state index contributed by atoms with van der Waals surface area (Å²) in [7, 11) is 0. The van der Waals surface area contributed by atoms with Crippen molar-refractivity contribution in [1.29, 1.82) is 5.26 Å². The molecule has 0 bridgehead atoms. The molecule has 4 heteroatoms. The van der Waals surface area contributed by atoms with Crippen LogP contribution in [0, 0.1) is 11.3 Å². The van der Waals surface area contributed by atoms with E-state index < -0.39 is 5.97 Å². The highest BCUT2D eigenvalue weighted by Gasteiger charge is 2.18. The summed E-state index contributed by atoms with van der Waals surface area (Å²) in [6.45, 7) is 1.81. The molecule has 0 atom stereocenters. The highest BCUT2D eigenvalue weighted by atomic mass is 16.5. The molecule has 3 rings (SSSR count). The zero-order valence-corrected chi connectivity index (χ0v) is 11.3. The normalized spacial score (nSPS) is 12.4. The van der Waals surface area contributed by atoms with Crippen molar-refractivity contribution in [3.63, 3.8) is 0 Å². The van der Waals surface area contributed by atoms with Gasteiger partial charge in [-0.1, -0.05) is 36.4 Å². The first kappa shape index (κ1) is 13.1. The van der Waals surface area contributed by atoms with E-state index in [1.807, 2.05) is 18.2 Å². The van der Waals surface area contributed by atoms with E-state index in [2.05, 4.69) is 0 Å². The Bertz CT molecular complexity index is 993. The number of nitrogens with zero attached hydrogens (tertiary/aromatic N) is 1. The van der Waals surface area contributed by atoms with Crippen LogP contribution < -0.4 is 10.6 Å². The molecule has 0 unspecified atom stereocenters. The third-order valence-electron chi connectivity index (χ3n) is 3.49. The maximum atomic E-state index is 12.6. The first-order valence-corrected chi connectivity index (χ1v) is 6.57. The van der Waals surface area contributed by atoms with Gasteiger partial charge in [-0.2, -0.15) is 5.26 Å². The molecule has 0 heterocycles. The minimum Gasteiger partial charge on any atom is -0.462 e. The van der Waals surface area contributed by atoms with E-state index in [4.69, 9.17) is 4.74 Å². The number of ether oxygens (including phenoxy) is 1. The lowest BCUT2D eigenvalue weighted by molar-refractivity contribution is -0.136. The van der Waals surface area contributed by atoms with Crippen molar-refractivity contribution in [1.82, 2.24) is 0 Å². The van der Waals surface area contributed by atoms with Gasteiger partial charge in [-0.15, -0.1) is 0 Å². The summed E-state index contributed by atoms with van der Waals surface area (Å²) < 4.78 is 4.88. The second kappa shape index (κ2) is 4.88. The van der Waals surface area contributed by atoms with Crippen molar-refractivity contribution in [2.45, 2.75) is 6.92 Å². The lowest BCUT2D eigenvalue weighted by atomic mass is 10.1. The SMILES string of the molecule is CCOC(=O)/C(C#N)=c1\c(=O)c2cccc3cccc1c32. The Morgan fingerprint density at radius 1 is 1.19 bits per heavy atom. The molecule has 0 spiro atoms. The number of carbonyl (C=O) groups excluding carboxylic acids is 1. The summed E-state index contributed by atoms with van der Waals surface area (Å²) >= 11 is 0. The fraction of sp³-hybridized carbons (Fsp3) is 0.118. The zero-order chi connectivity index (χ0) is 15.0. The van der Waals surface area contributed by atoms with Gasteiger partial charge in [-0.3, -0.25) is 4.79 Å². The highest BCUT2D eigenvalue weighted by molar-refractivity contribution is 6.20. The summed E-state index contributed by atoms with van der Waals surface area (Å²) in [4.78, 5) is 24.5. The standard InChI is InChI=1S/C17H11NO3/c1-2-21-17(20)13(9-18)15-11-7-3-5-10-6-4-8-12(14(10)11)16(15)19/h3-8H,2H2,1H3/b15-13-. The predicted octanol–water partition coefficient (Wildman–Crippen LogP) is 1.75. The maximum absolute atomic E-state index is 12.6. The summed E-state index contributed by atoms with van der Waals surface area (Å²) in [6.07, 6.45) is 0. The predicted molar refractivity (Wildman–Crippen MR) is 79.8 cm³/mol. The number of benzene rings is 2. The van der Waals surface area contributed by atoms with E-state index in [1.165, 1.54) is 0 Å². The molecule has 102 valence electrons. The lowest BCUT2D eigenvalue weighted by Gasteiger charge is -1.99. The van der Waals surface area contributed by atoms with Crippen LogP contribution in [0.4, 0.5) is 0 Å². The number of esters is 1. The minimum atomic E-state index is -0.756. The van der Waals surface area contributed by atoms with Crippen LogP contribution in [-0.4, -0.2) is 12.6 Å². The van der Waals surface area contributed by atoms with E-state index in [9.17, 15) is 14.9 Å². The van der Waals surface area contributed by atoms with E-state index >= 15 is 0 Å². The Labute approximate surface area is 120 Å². The van der Waals surface area contributed by atoms with Crippen LogP contribution in [0.15, 0.2) is 41.2 Å². The van der Waals surface area contributed by atoms with Gasteiger partial charge in [0.05, 0.1) is 11.8 Å². The van der Waals surface area contributed by atoms with Crippen LogP contribution in [-0.2, 0) is 9.53 Å². The molecular formula is C17H11NO3. The average Bonchev–Trinajstić information content (AvgIpc) is 2.77. The molecular weight excluding hydrogens is 266 g/mol. The first-order valence-electron chi connectivity index (χ1n) is 6.57. The van der Waals surface area contributed by atoms with Crippen molar-refractivity contribution in [2.24, 2.45) is 0 Å². The molecule has 0 saturated heterocycles. The van der Waals surface area contributed by atoms with Crippen molar-refractivity contribution < 1.29 is 9.53 Å². The largest absolute Gasteiger partial charge is 0.462 e. The van der Waals surface area contributed by atoms with Crippen molar-refractivity contribution in [3.05, 3.63) is 51.8 Å². The van der Waals surface area contributed by atoms with Gasteiger partial charge in [0.15, 0.2) is 5.43 Å². The number of hydrogen-bond acceptors (Lipinski definition) is 4. The Kier molecular flexibility index (Phi) is 3.03. The number of rotatable bonds is 2. The maximum Gasteiger partial charge on any atom is 0.349 e. The average molecular weight is 277 g/mol. The van der Waals surface area contributed by atoms with Gasteiger partial charge in [0, 0.05) is 10.8 Å². The third kappa shape index (κ3) is 1.83. The number of nitriles is 1. The minimum absolute atomic E-state index is 0.141. The second-order valence-corrected chi connectivity index (χ2v) is 4.62. The van der Waals surface area contributed by atoms with Gasteiger partial charge in [-0.05, 0) is 17.7 Å². The van der Waals surface area contributed by atoms with E-state index in [-0.39, 0.29) is 22.8 Å². The fourth-order valence-electron chi connectivity index (χ4n) is 2.65. The Balaban J connectivity index is 2.58. The van der Waals surface area contributed by atoms with Gasteiger partial charge in [0.2, 0.25) is 0 Å². The summed E-state index contributed by atoms with van der Waals surface area (Å²) in [5, 5.41) is 12.3. The Morgan fingerprint density at radius 2 is 1.86 bits per heavy atom. The Morgan fingerprint density at radius 3 is 2.48 bits per heavy atom. The second-order valence-electron chi connectivity index (χ2n) is 4.62. The number of carbonyl (C=O) groups is 1. The highest BCUT2D eigenvalue weighted by Crippen LogP contribution is 2.23. The van der Waals surface area contributed by atoms with Gasteiger partial charge in [0.25, 0.3) is 0 Å². The van der Waals surface area contributed by atoms with Crippen molar-refractivity contribution >= 4 is 33.1 Å². The van der Waals surface area contributed by atoms with E-state index in [0.717, 1.165) is 10.8 Å². The zero-order valence-electron chi connectivity index (χ0n) is 11.3. The van der Waals surface area contributed by atoms with Crippen molar-refractivity contribution in [3.8, 4) is 6.07 Å². The molecule has 0 aliphatic heterocycles. The van der Waals surface area contributed by atoms with Crippen LogP contribution in [0.25, 0.3) is 27.1 Å². The third-order valence-corrected chi connectivity index (χ3v) is 3.49. The monoisotopic (exact) mass is 277 g/mol. The van der Waals surface area contributed by atoms with Crippen LogP contribution >= 0.6 is 0 Å². The van der Waals surface area contributed by atoms with Crippen LogP contribution in [0.2, 0.25) is 0 Å². The van der Waals surface area contributed by atoms with Crippen molar-refractivity contribution in [2.75, 3.05) is 6.61 Å². The fourth-order valence-corrected chi connectivity index (χ4v) is 2.65. The molecule has 0 radical (unpaired) electrons. The first-order chi connectivity index (χ1) is 10.2. The quantitative estimate of drug-likeness (QED) is 0.669. The van der Waals surface area contributed by atoms with Gasteiger partial charge < -0.3 is 4.74 Å². The Hall–Kier alpha value is -2.93. The molecule has 0 amide bonds. The molecule has 3 aromatic rings. The summed E-state index contributed by atoms with van der Waals surface area (Å²) in [5.74, 6) is -0.756. The van der Waals surface area contributed by atoms with Gasteiger partial charge >= 0.3 is 5.97 Å². The molecule has 0 aliphatic rings. The van der Waals surface area contributed by atoms with Crippen LogP contribution in [0.5, 0.6) is 0 Å². The lowest BCUT2D eigenvalue weighted by Crippen LogP contribution is -2.26. The molecule has 21 heavy (non-hydrogen) atoms. The van der Waals surface area contributed by atoms with Crippen LogP contribution in [0.3, 0.4) is 0 Å². The van der Waals surface area contributed by atoms with Gasteiger partial charge in [-0.25, -0.2) is 4.79 Å². The molecule has 4 nitrogen and oxygen atoms in total. The molecule has 0 aromatic heterocycles. The van der Waals surface area contributed by atoms with E-state index in [0.29, 0.717) is 10.8 Å². The van der Waals surface area contributed by atoms with E-state index in [1.54, 1.807) is 31.2 Å². The molecule has 0 saturated carbocycles. The molecule has 3 aromatic carbocycles. The summed E-state index contributed by atoms with van der Waals surface area (Å²) in [6, 6.07) is 12.7. The molecule has 0 fully saturated rings.